The van der Waals surface area contributed by atoms with Crippen LogP contribution in [0.5, 0.6) is 0 Å². The molecule has 0 spiro atoms. The van der Waals surface area contributed by atoms with Crippen molar-refractivity contribution in [3.8, 4) is 0 Å². The number of amides is 1. The summed E-state index contributed by atoms with van der Waals surface area (Å²) < 4.78 is 6.64. The van der Waals surface area contributed by atoms with Gasteiger partial charge in [-0.05, 0) is 19.1 Å². The number of anilines is 2. The molecule has 0 fully saturated rings. The quantitative estimate of drug-likeness (QED) is 0.770. The second kappa shape index (κ2) is 6.15. The van der Waals surface area contributed by atoms with E-state index in [1.54, 1.807) is 29.5 Å². The lowest BCUT2D eigenvalue weighted by atomic mass is 9.96. The van der Waals surface area contributed by atoms with Crippen LogP contribution in [0.3, 0.4) is 0 Å². The van der Waals surface area contributed by atoms with E-state index in [-0.39, 0.29) is 17.9 Å². The first kappa shape index (κ1) is 16.9. The summed E-state index contributed by atoms with van der Waals surface area (Å²) in [5.41, 5.74) is 0.482. The van der Waals surface area contributed by atoms with Crippen LogP contribution < -0.4 is 10.2 Å². The molecule has 3 aromatic heterocycles. The fraction of sp³-hybridized carbons (Fsp3) is 0.438. The van der Waals surface area contributed by atoms with E-state index in [4.69, 9.17) is 4.52 Å². The lowest BCUT2D eigenvalue weighted by molar-refractivity contribution is -0.115. The van der Waals surface area contributed by atoms with Crippen molar-refractivity contribution in [3.05, 3.63) is 29.8 Å². The van der Waals surface area contributed by atoms with E-state index in [1.165, 1.54) is 0 Å². The molecule has 0 bridgehead atoms. The zero-order chi connectivity index (χ0) is 18.2. The molecule has 0 radical (unpaired) electrons. The van der Waals surface area contributed by atoms with Gasteiger partial charge in [-0.25, -0.2) is 0 Å². The van der Waals surface area contributed by atoms with Crippen molar-refractivity contribution < 1.29 is 9.32 Å². The molecule has 0 saturated carbocycles. The SMILES string of the molecule is Cc1cc(NC(=O)CN(C)c2ccc3nnc(C(C)(C)C)n3n2)no1. The van der Waals surface area contributed by atoms with Crippen molar-refractivity contribution >= 4 is 23.2 Å². The molecule has 25 heavy (non-hydrogen) atoms. The number of nitrogens with zero attached hydrogens (tertiary/aromatic N) is 6. The fourth-order valence-corrected chi connectivity index (χ4v) is 2.35. The number of hydrogen-bond donors (Lipinski definition) is 1. The third-order valence-electron chi connectivity index (χ3n) is 3.59. The third kappa shape index (κ3) is 3.59. The molecule has 1 N–H and O–H groups in total. The molecule has 9 nitrogen and oxygen atoms in total. The standard InChI is InChI=1S/C16H21N7O2/c1-10-8-11(21-25-10)17-14(24)9-22(5)13-7-6-12-18-19-15(16(2,3)4)23(12)20-13/h6-8H,9H2,1-5H3,(H,17,21,24). The molecule has 0 aliphatic rings. The summed E-state index contributed by atoms with van der Waals surface area (Å²) in [5, 5.41) is 19.4. The van der Waals surface area contributed by atoms with Crippen molar-refractivity contribution in [3.63, 3.8) is 0 Å². The van der Waals surface area contributed by atoms with Gasteiger partial charge in [0.2, 0.25) is 5.91 Å². The Labute approximate surface area is 145 Å². The van der Waals surface area contributed by atoms with Gasteiger partial charge in [0.1, 0.15) is 11.6 Å². The van der Waals surface area contributed by atoms with Crippen molar-refractivity contribution in [2.24, 2.45) is 0 Å². The Balaban J connectivity index is 1.77. The molecule has 3 rings (SSSR count). The molecule has 1 amide bonds. The molecule has 0 unspecified atom stereocenters. The predicted molar refractivity (Wildman–Crippen MR) is 92.6 cm³/mol. The first-order valence-electron chi connectivity index (χ1n) is 7.91. The van der Waals surface area contributed by atoms with E-state index in [9.17, 15) is 4.79 Å². The van der Waals surface area contributed by atoms with Gasteiger partial charge >= 0.3 is 0 Å². The Hall–Kier alpha value is -2.97. The van der Waals surface area contributed by atoms with Gasteiger partial charge in [-0.2, -0.15) is 4.52 Å². The Bertz CT molecular complexity index is 907. The molecule has 0 atom stereocenters. The Morgan fingerprint density at radius 3 is 2.72 bits per heavy atom. The zero-order valence-electron chi connectivity index (χ0n) is 14.9. The molecular formula is C16H21N7O2. The molecule has 0 aromatic carbocycles. The molecule has 132 valence electrons. The van der Waals surface area contributed by atoms with E-state index in [0.29, 0.717) is 23.0 Å². The van der Waals surface area contributed by atoms with Crippen LogP contribution in [0.15, 0.2) is 22.7 Å². The molecule has 0 saturated heterocycles. The predicted octanol–water partition coefficient (Wildman–Crippen LogP) is 1.79. The van der Waals surface area contributed by atoms with Crippen LogP contribution >= 0.6 is 0 Å². The number of aryl methyl sites for hydroxylation is 1. The number of aromatic nitrogens is 5. The Kier molecular flexibility index (Phi) is 4.15. The van der Waals surface area contributed by atoms with Crippen molar-refractivity contribution in [1.29, 1.82) is 0 Å². The van der Waals surface area contributed by atoms with E-state index in [2.05, 4.69) is 46.5 Å². The zero-order valence-corrected chi connectivity index (χ0v) is 14.9. The topological polar surface area (TPSA) is 101 Å². The van der Waals surface area contributed by atoms with Crippen LogP contribution in [-0.2, 0) is 10.2 Å². The van der Waals surface area contributed by atoms with Gasteiger partial charge in [-0.3, -0.25) is 4.79 Å². The number of nitrogens with one attached hydrogen (secondary N) is 1. The fourth-order valence-electron chi connectivity index (χ4n) is 2.35. The van der Waals surface area contributed by atoms with Crippen molar-refractivity contribution in [1.82, 2.24) is 25.0 Å². The largest absolute Gasteiger partial charge is 0.360 e. The molecular weight excluding hydrogens is 322 g/mol. The number of fused-ring (bicyclic) bond motifs is 1. The molecule has 0 aliphatic heterocycles. The number of hydrogen-bond acceptors (Lipinski definition) is 7. The van der Waals surface area contributed by atoms with Gasteiger partial charge in [-0.1, -0.05) is 25.9 Å². The molecule has 0 aliphatic carbocycles. The average Bonchev–Trinajstić information content (AvgIpc) is 3.11. The maximum absolute atomic E-state index is 12.2. The lowest BCUT2D eigenvalue weighted by Gasteiger charge is -2.19. The monoisotopic (exact) mass is 343 g/mol. The van der Waals surface area contributed by atoms with Crippen LogP contribution in [0, 0.1) is 6.92 Å². The van der Waals surface area contributed by atoms with Crippen LogP contribution in [0.25, 0.3) is 5.65 Å². The number of carbonyl (C=O) groups excluding carboxylic acids is 1. The minimum Gasteiger partial charge on any atom is -0.360 e. The van der Waals surface area contributed by atoms with E-state index in [0.717, 1.165) is 5.82 Å². The molecule has 3 heterocycles. The van der Waals surface area contributed by atoms with E-state index >= 15 is 0 Å². The van der Waals surface area contributed by atoms with Crippen LogP contribution in [0.4, 0.5) is 11.6 Å². The minimum atomic E-state index is -0.211. The summed E-state index contributed by atoms with van der Waals surface area (Å²) in [6.45, 7) is 8.04. The van der Waals surface area contributed by atoms with E-state index < -0.39 is 0 Å². The van der Waals surface area contributed by atoms with Gasteiger partial charge in [0.05, 0.1) is 6.54 Å². The second-order valence-electron chi connectivity index (χ2n) is 6.96. The van der Waals surface area contributed by atoms with Crippen molar-refractivity contribution in [2.75, 3.05) is 23.8 Å². The van der Waals surface area contributed by atoms with Crippen LogP contribution in [0.1, 0.15) is 32.4 Å². The van der Waals surface area contributed by atoms with Gasteiger partial charge in [0, 0.05) is 18.5 Å². The average molecular weight is 343 g/mol. The van der Waals surface area contributed by atoms with Crippen LogP contribution in [0.2, 0.25) is 0 Å². The normalized spacial score (nSPS) is 11.7. The van der Waals surface area contributed by atoms with E-state index in [1.807, 2.05) is 12.1 Å². The second-order valence-corrected chi connectivity index (χ2v) is 6.96. The van der Waals surface area contributed by atoms with Crippen LogP contribution in [-0.4, -0.2) is 44.5 Å². The highest BCUT2D eigenvalue weighted by molar-refractivity contribution is 5.93. The Morgan fingerprint density at radius 2 is 2.08 bits per heavy atom. The summed E-state index contributed by atoms with van der Waals surface area (Å²) in [6.07, 6.45) is 0. The summed E-state index contributed by atoms with van der Waals surface area (Å²) >= 11 is 0. The van der Waals surface area contributed by atoms with Gasteiger partial charge in [0.15, 0.2) is 17.3 Å². The first-order chi connectivity index (χ1) is 11.7. The summed E-state index contributed by atoms with van der Waals surface area (Å²) in [4.78, 5) is 13.9. The number of rotatable bonds is 4. The maximum Gasteiger partial charge on any atom is 0.245 e. The lowest BCUT2D eigenvalue weighted by Crippen LogP contribution is -2.31. The summed E-state index contributed by atoms with van der Waals surface area (Å²) in [6, 6.07) is 5.30. The van der Waals surface area contributed by atoms with Gasteiger partial charge in [0.25, 0.3) is 0 Å². The van der Waals surface area contributed by atoms with Gasteiger partial charge < -0.3 is 14.7 Å². The third-order valence-corrected chi connectivity index (χ3v) is 3.59. The van der Waals surface area contributed by atoms with Gasteiger partial charge in [-0.15, -0.1) is 15.3 Å². The first-order valence-corrected chi connectivity index (χ1v) is 7.91. The highest BCUT2D eigenvalue weighted by Gasteiger charge is 2.22. The summed E-state index contributed by atoms with van der Waals surface area (Å²) in [7, 11) is 1.79. The Morgan fingerprint density at radius 1 is 1.32 bits per heavy atom. The number of carbonyl (C=O) groups is 1. The highest BCUT2D eigenvalue weighted by Crippen LogP contribution is 2.21. The summed E-state index contributed by atoms with van der Waals surface area (Å²) in [5.74, 6) is 2.23. The highest BCUT2D eigenvalue weighted by atomic mass is 16.5. The molecule has 9 heteroatoms. The van der Waals surface area contributed by atoms with Crippen molar-refractivity contribution in [2.45, 2.75) is 33.1 Å². The minimum absolute atomic E-state index is 0.122. The molecule has 3 aromatic rings. The maximum atomic E-state index is 12.2. The smallest absolute Gasteiger partial charge is 0.245 e. The number of likely N-dealkylation sites (N-methyl/N-ethyl adjacent to an activating group) is 1.